The first-order chi connectivity index (χ1) is 13.5. The van der Waals surface area contributed by atoms with Crippen molar-refractivity contribution in [2.45, 2.75) is 23.4 Å². The Morgan fingerprint density at radius 1 is 1.04 bits per heavy atom. The smallest absolute Gasteiger partial charge is 0.198 e. The molecule has 2 aliphatic heterocycles. The number of nitrogens with zero attached hydrogens (tertiary/aromatic N) is 1. The zero-order chi connectivity index (χ0) is 19.2. The summed E-state index contributed by atoms with van der Waals surface area (Å²) in [4.78, 5) is 2.68. The summed E-state index contributed by atoms with van der Waals surface area (Å²) in [5, 5.41) is 5.86. The van der Waals surface area contributed by atoms with Gasteiger partial charge in [-0.3, -0.25) is 4.90 Å². The minimum atomic E-state index is -3.54. The van der Waals surface area contributed by atoms with Gasteiger partial charge in [-0.1, -0.05) is 58.8 Å². The van der Waals surface area contributed by atoms with Crippen LogP contribution in [0.3, 0.4) is 0 Å². The predicted octanol–water partition coefficient (Wildman–Crippen LogP) is 3.40. The van der Waals surface area contributed by atoms with Gasteiger partial charge in [0.2, 0.25) is 0 Å². The fourth-order valence-electron chi connectivity index (χ4n) is 4.48. The molecule has 2 unspecified atom stereocenters. The third-order valence-electron chi connectivity index (χ3n) is 5.85. The lowest BCUT2D eigenvalue weighted by Crippen LogP contribution is -2.55. The molecule has 0 radical (unpaired) electrons. The topological polar surface area (TPSA) is 67.4 Å². The van der Waals surface area contributed by atoms with Crippen LogP contribution in [0.25, 0.3) is 10.8 Å². The molecule has 0 saturated carbocycles. The molecule has 5 nitrogen and oxygen atoms in total. The van der Waals surface area contributed by atoms with Crippen molar-refractivity contribution >= 4 is 26.9 Å². The quantitative estimate of drug-likeness (QED) is 0.655. The first kappa shape index (κ1) is 17.8. The number of fused-ring (bicyclic) bond motifs is 2. The lowest BCUT2D eigenvalue weighted by molar-refractivity contribution is 0.297. The van der Waals surface area contributed by atoms with Crippen LogP contribution in [0.2, 0.25) is 0 Å². The van der Waals surface area contributed by atoms with Crippen LogP contribution < -0.4 is 10.0 Å². The highest BCUT2D eigenvalue weighted by atomic mass is 32.3. The van der Waals surface area contributed by atoms with Crippen molar-refractivity contribution in [2.24, 2.45) is 0 Å². The van der Waals surface area contributed by atoms with Gasteiger partial charge in [-0.25, -0.2) is 0 Å². The van der Waals surface area contributed by atoms with Crippen LogP contribution in [0.1, 0.15) is 12.0 Å². The van der Waals surface area contributed by atoms with E-state index in [0.717, 1.165) is 19.5 Å². The number of benzene rings is 3. The second-order valence-electron chi connectivity index (χ2n) is 7.83. The van der Waals surface area contributed by atoms with Crippen molar-refractivity contribution in [2.75, 3.05) is 25.0 Å². The second kappa shape index (κ2) is 6.67. The summed E-state index contributed by atoms with van der Waals surface area (Å²) in [6, 6.07) is 21.9. The predicted molar refractivity (Wildman–Crippen MR) is 112 cm³/mol. The standard InChI is InChI=1S/C22H23N3O2S/c26-28(27)21-11-4-3-10-20(21)23-15-22(24-28)12-13-25(16-22)14-18-8-5-7-17-6-1-2-9-19(17)18/h1-11,23H,12-16H2,(H-,24,26,27). The largest absolute Gasteiger partial charge is 0.593 e. The molecule has 0 amide bonds. The number of likely N-dealkylation sites (tertiary alicyclic amines) is 1. The van der Waals surface area contributed by atoms with Gasteiger partial charge in [0.15, 0.2) is 15.3 Å². The second-order valence-corrected chi connectivity index (χ2v) is 9.49. The van der Waals surface area contributed by atoms with Crippen LogP contribution in [0.15, 0.2) is 71.6 Å². The number of sulfonamides is 1. The molecule has 1 fully saturated rings. The van der Waals surface area contributed by atoms with Crippen molar-refractivity contribution in [3.63, 3.8) is 0 Å². The molecule has 144 valence electrons. The van der Waals surface area contributed by atoms with E-state index in [1.807, 2.05) is 12.1 Å². The highest BCUT2D eigenvalue weighted by Gasteiger charge is 2.46. The van der Waals surface area contributed by atoms with Gasteiger partial charge in [-0.05, 0) is 34.9 Å². The summed E-state index contributed by atoms with van der Waals surface area (Å²) in [6.45, 7) is 2.97. The van der Waals surface area contributed by atoms with E-state index in [0.29, 0.717) is 23.7 Å². The number of anilines is 1. The van der Waals surface area contributed by atoms with Crippen molar-refractivity contribution in [3.8, 4) is 0 Å². The van der Waals surface area contributed by atoms with Gasteiger partial charge in [0.1, 0.15) is 0 Å². The summed E-state index contributed by atoms with van der Waals surface area (Å²) < 4.78 is 28.9. The van der Waals surface area contributed by atoms with E-state index >= 15 is 0 Å². The summed E-state index contributed by atoms with van der Waals surface area (Å²) in [5.41, 5.74) is 1.48. The maximum Gasteiger partial charge on any atom is 0.198 e. The molecule has 0 bridgehead atoms. The lowest BCUT2D eigenvalue weighted by Gasteiger charge is -2.29. The molecular weight excluding hydrogens is 370 g/mol. The summed E-state index contributed by atoms with van der Waals surface area (Å²) in [6.07, 6.45) is 0.790. The molecule has 3 aromatic rings. The Hall–Kier alpha value is -2.25. The van der Waals surface area contributed by atoms with Gasteiger partial charge in [0.25, 0.3) is 0 Å². The van der Waals surface area contributed by atoms with Crippen LogP contribution in [0.5, 0.6) is 0 Å². The Morgan fingerprint density at radius 3 is 2.75 bits per heavy atom. The van der Waals surface area contributed by atoms with Crippen LogP contribution in [0, 0.1) is 0 Å². The van der Waals surface area contributed by atoms with E-state index in [4.69, 9.17) is 0 Å². The average Bonchev–Trinajstić information content (AvgIpc) is 3.04. The Balaban J connectivity index is 1.39. The number of hydrogen-bond acceptors (Lipinski definition) is 4. The maximum absolute atomic E-state index is 12.9. The fourth-order valence-corrected chi connectivity index (χ4v) is 6.09. The van der Waals surface area contributed by atoms with Gasteiger partial charge in [-0.15, -0.1) is 4.72 Å². The van der Waals surface area contributed by atoms with E-state index in [9.17, 15) is 8.76 Å². The maximum atomic E-state index is 12.9. The first-order valence-corrected chi connectivity index (χ1v) is 11.1. The fraction of sp³-hybridized carbons (Fsp3) is 0.273. The third kappa shape index (κ3) is 3.12. The van der Waals surface area contributed by atoms with Gasteiger partial charge >= 0.3 is 0 Å². The van der Waals surface area contributed by atoms with Gasteiger partial charge < -0.3 is 9.87 Å². The van der Waals surface area contributed by atoms with E-state index < -0.39 is 15.9 Å². The lowest BCUT2D eigenvalue weighted by atomic mass is 10.00. The molecule has 6 heteroatoms. The number of nitrogens with one attached hydrogen (secondary N) is 2. The highest BCUT2D eigenvalue weighted by molar-refractivity contribution is 7.96. The molecule has 2 heterocycles. The molecule has 1 saturated heterocycles. The summed E-state index contributed by atoms with van der Waals surface area (Å²) in [7, 11) is -3.54. The molecule has 5 rings (SSSR count). The van der Waals surface area contributed by atoms with Crippen LogP contribution in [-0.2, 0) is 21.2 Å². The van der Waals surface area contributed by atoms with Crippen LogP contribution in [-0.4, -0.2) is 34.6 Å². The van der Waals surface area contributed by atoms with Crippen LogP contribution >= 0.6 is 0 Å². The van der Waals surface area contributed by atoms with Crippen molar-refractivity contribution in [1.29, 1.82) is 0 Å². The zero-order valence-corrected chi connectivity index (χ0v) is 16.4. The number of rotatable bonds is 2. The monoisotopic (exact) mass is 393 g/mol. The first-order valence-electron chi connectivity index (χ1n) is 9.61. The highest BCUT2D eigenvalue weighted by Crippen LogP contribution is 2.34. The Morgan fingerprint density at radius 2 is 1.82 bits per heavy atom. The Bertz CT molecular complexity index is 1080. The minimum absolute atomic E-state index is 0.333. The number of para-hydroxylation sites is 1. The van der Waals surface area contributed by atoms with Gasteiger partial charge in [0, 0.05) is 26.2 Å². The molecular formula is C22H23N3O2S. The molecule has 2 N–H and O–H groups in total. The van der Waals surface area contributed by atoms with E-state index in [2.05, 4.69) is 57.4 Å². The van der Waals surface area contributed by atoms with Crippen molar-refractivity contribution in [1.82, 2.24) is 9.62 Å². The average molecular weight is 394 g/mol. The molecule has 2 aliphatic rings. The molecule has 28 heavy (non-hydrogen) atoms. The Kier molecular flexibility index (Phi) is 4.25. The summed E-state index contributed by atoms with van der Waals surface area (Å²) >= 11 is 0. The van der Waals surface area contributed by atoms with E-state index in [1.165, 1.54) is 16.3 Å². The SMILES string of the molecule is O=[S+]1([O-])NC2(CCN(Cc3cccc4ccccc34)C2)CNc2ccccc21. The van der Waals surface area contributed by atoms with Gasteiger partial charge in [0.05, 0.1) is 11.2 Å². The van der Waals surface area contributed by atoms with E-state index in [-0.39, 0.29) is 0 Å². The zero-order valence-electron chi connectivity index (χ0n) is 15.6. The van der Waals surface area contributed by atoms with Crippen molar-refractivity contribution in [3.05, 3.63) is 72.3 Å². The molecule has 0 aliphatic carbocycles. The molecule has 0 aromatic heterocycles. The van der Waals surface area contributed by atoms with Gasteiger partial charge in [-0.2, -0.15) is 0 Å². The van der Waals surface area contributed by atoms with Crippen LogP contribution in [0.4, 0.5) is 5.69 Å². The Labute approximate surface area is 166 Å². The summed E-state index contributed by atoms with van der Waals surface area (Å²) in [5.74, 6) is 0. The molecule has 3 aromatic carbocycles. The van der Waals surface area contributed by atoms with Crippen molar-refractivity contribution < 1.29 is 8.76 Å². The molecule has 1 spiro atoms. The van der Waals surface area contributed by atoms with E-state index in [1.54, 1.807) is 12.1 Å². The third-order valence-corrected chi connectivity index (χ3v) is 7.49. The normalized spacial score (nSPS) is 27.5. The minimum Gasteiger partial charge on any atom is -0.593 e. The molecule has 2 atom stereocenters. The number of hydrogen-bond donors (Lipinski definition) is 2.